The number of hydrogen-bond acceptors (Lipinski definition) is 5. The molecule has 1 aromatic rings. The molecule has 0 atom stereocenters. The normalized spacial score (nSPS) is 10.2. The van der Waals surface area contributed by atoms with Crippen LogP contribution < -0.4 is 10.6 Å². The van der Waals surface area contributed by atoms with E-state index < -0.39 is 41.0 Å². The molecule has 0 fully saturated rings. The number of amides is 1. The molecule has 3 N–H and O–H groups in total. The third-order valence-electron chi connectivity index (χ3n) is 2.25. The fourth-order valence-electron chi connectivity index (χ4n) is 1.32. The van der Waals surface area contributed by atoms with Crippen molar-refractivity contribution >= 4 is 23.4 Å². The Morgan fingerprint density at radius 3 is 2.57 bits per heavy atom. The summed E-state index contributed by atoms with van der Waals surface area (Å²) in [5, 5.41) is 15.5. The van der Waals surface area contributed by atoms with Crippen LogP contribution in [0.2, 0.25) is 0 Å². The van der Waals surface area contributed by atoms with Crippen LogP contribution in [-0.2, 0) is 9.59 Å². The molecule has 0 radical (unpaired) electrons. The summed E-state index contributed by atoms with van der Waals surface area (Å²) in [6, 6.07) is 0. The molecule has 0 aromatic carbocycles. The number of hydrogen-bond donors (Lipinski definition) is 3. The molecule has 1 aromatic heterocycles. The maximum absolute atomic E-state index is 13.7. The molecular formula is C11H9F3N6O3. The summed E-state index contributed by atoms with van der Waals surface area (Å²) in [5.74, 6) is -7.51. The summed E-state index contributed by atoms with van der Waals surface area (Å²) in [6.45, 7) is -0.239. The summed E-state index contributed by atoms with van der Waals surface area (Å²) in [5.41, 5.74) is 7.01. The lowest BCUT2D eigenvalue weighted by Crippen LogP contribution is -2.27. The van der Waals surface area contributed by atoms with Crippen molar-refractivity contribution in [3.63, 3.8) is 0 Å². The van der Waals surface area contributed by atoms with Crippen molar-refractivity contribution in [2.24, 2.45) is 5.11 Å². The van der Waals surface area contributed by atoms with Gasteiger partial charge in [-0.15, -0.1) is 0 Å². The maximum atomic E-state index is 13.7. The van der Waals surface area contributed by atoms with Crippen LogP contribution in [0.25, 0.3) is 10.4 Å². The SMILES string of the molecule is [N-]=[N+]=Nc1c(F)c(F)nc(NCCNC(=O)/C=C\C(=O)O)c1F. The topological polar surface area (TPSA) is 140 Å². The number of rotatable bonds is 7. The van der Waals surface area contributed by atoms with Crippen LogP contribution in [0.15, 0.2) is 17.3 Å². The van der Waals surface area contributed by atoms with Gasteiger partial charge in [-0.25, -0.2) is 13.6 Å². The fourth-order valence-corrected chi connectivity index (χ4v) is 1.32. The van der Waals surface area contributed by atoms with Crippen molar-refractivity contribution in [3.8, 4) is 0 Å². The van der Waals surface area contributed by atoms with Crippen LogP contribution in [0.1, 0.15) is 0 Å². The zero-order valence-corrected chi connectivity index (χ0v) is 11.3. The number of anilines is 1. The van der Waals surface area contributed by atoms with Gasteiger partial charge < -0.3 is 15.7 Å². The lowest BCUT2D eigenvalue weighted by atomic mass is 10.3. The molecule has 23 heavy (non-hydrogen) atoms. The minimum absolute atomic E-state index is 0.0975. The second-order valence-electron chi connectivity index (χ2n) is 3.81. The van der Waals surface area contributed by atoms with Gasteiger partial charge in [-0.3, -0.25) is 4.79 Å². The number of azide groups is 1. The van der Waals surface area contributed by atoms with Gasteiger partial charge in [-0.2, -0.15) is 9.37 Å². The lowest BCUT2D eigenvalue weighted by Gasteiger charge is -2.09. The highest BCUT2D eigenvalue weighted by atomic mass is 19.2. The van der Waals surface area contributed by atoms with Gasteiger partial charge >= 0.3 is 5.97 Å². The van der Waals surface area contributed by atoms with Crippen molar-refractivity contribution in [1.82, 2.24) is 10.3 Å². The molecule has 1 amide bonds. The first-order chi connectivity index (χ1) is 10.9. The van der Waals surface area contributed by atoms with E-state index in [1.165, 1.54) is 0 Å². The number of carbonyl (C=O) groups is 2. The number of nitrogens with zero attached hydrogens (tertiary/aromatic N) is 4. The highest BCUT2D eigenvalue weighted by Crippen LogP contribution is 2.28. The van der Waals surface area contributed by atoms with Crippen molar-refractivity contribution in [3.05, 3.63) is 40.2 Å². The molecule has 0 bridgehead atoms. The van der Waals surface area contributed by atoms with Gasteiger partial charge in [0.1, 0.15) is 5.69 Å². The van der Waals surface area contributed by atoms with Gasteiger partial charge in [0.25, 0.3) is 5.95 Å². The number of carboxylic acid groups (broad SMARTS) is 1. The Kier molecular flexibility index (Phi) is 6.37. The van der Waals surface area contributed by atoms with Gasteiger partial charge in [0.05, 0.1) is 0 Å². The Labute approximate surface area is 126 Å². The van der Waals surface area contributed by atoms with E-state index in [0.29, 0.717) is 6.08 Å². The third-order valence-corrected chi connectivity index (χ3v) is 2.25. The number of carbonyl (C=O) groups excluding carboxylic acids is 1. The van der Waals surface area contributed by atoms with Crippen molar-refractivity contribution in [2.75, 3.05) is 18.4 Å². The molecule has 122 valence electrons. The lowest BCUT2D eigenvalue weighted by molar-refractivity contribution is -0.131. The molecule has 9 nitrogen and oxygen atoms in total. The fraction of sp³-hybridized carbons (Fsp3) is 0.182. The van der Waals surface area contributed by atoms with E-state index in [-0.39, 0.29) is 13.1 Å². The summed E-state index contributed by atoms with van der Waals surface area (Å²) in [6.07, 6.45) is 1.38. The minimum atomic E-state index is -1.72. The Morgan fingerprint density at radius 2 is 1.96 bits per heavy atom. The van der Waals surface area contributed by atoms with Gasteiger partial charge in [0.15, 0.2) is 17.5 Å². The Hall–Kier alpha value is -3.27. The van der Waals surface area contributed by atoms with E-state index in [4.69, 9.17) is 10.6 Å². The van der Waals surface area contributed by atoms with Crippen molar-refractivity contribution in [2.45, 2.75) is 0 Å². The monoisotopic (exact) mass is 330 g/mol. The van der Waals surface area contributed by atoms with Gasteiger partial charge in [0, 0.05) is 30.2 Å². The Bertz CT molecular complexity index is 703. The predicted octanol–water partition coefficient (Wildman–Crippen LogP) is 1.61. The molecule has 0 aliphatic heterocycles. The first-order valence-electron chi connectivity index (χ1n) is 5.89. The van der Waals surface area contributed by atoms with Crippen LogP contribution in [0.5, 0.6) is 0 Å². The van der Waals surface area contributed by atoms with Gasteiger partial charge in [-0.1, -0.05) is 5.11 Å². The largest absolute Gasteiger partial charge is 0.478 e. The highest BCUT2D eigenvalue weighted by molar-refractivity contribution is 5.93. The zero-order valence-electron chi connectivity index (χ0n) is 11.3. The molecule has 0 unspecified atom stereocenters. The maximum Gasteiger partial charge on any atom is 0.328 e. The summed E-state index contributed by atoms with van der Waals surface area (Å²) >= 11 is 0. The molecule has 0 spiro atoms. The molecule has 0 aliphatic carbocycles. The summed E-state index contributed by atoms with van der Waals surface area (Å²) in [7, 11) is 0. The second-order valence-corrected chi connectivity index (χ2v) is 3.81. The molecule has 0 aliphatic rings. The number of aromatic nitrogens is 1. The van der Waals surface area contributed by atoms with E-state index in [0.717, 1.165) is 6.08 Å². The average Bonchev–Trinajstić information content (AvgIpc) is 2.50. The molecule has 1 rings (SSSR count). The van der Waals surface area contributed by atoms with E-state index in [1.807, 2.05) is 0 Å². The van der Waals surface area contributed by atoms with Crippen LogP contribution in [-0.4, -0.2) is 35.1 Å². The minimum Gasteiger partial charge on any atom is -0.478 e. The first kappa shape index (κ1) is 17.8. The third kappa shape index (κ3) is 5.21. The number of pyridine rings is 1. The number of aliphatic carboxylic acids is 1. The molecule has 0 saturated carbocycles. The first-order valence-corrected chi connectivity index (χ1v) is 5.89. The van der Waals surface area contributed by atoms with E-state index >= 15 is 0 Å². The predicted molar refractivity (Wildman–Crippen MR) is 71.2 cm³/mol. The van der Waals surface area contributed by atoms with E-state index in [9.17, 15) is 22.8 Å². The van der Waals surface area contributed by atoms with E-state index in [1.54, 1.807) is 0 Å². The Morgan fingerprint density at radius 1 is 1.26 bits per heavy atom. The van der Waals surface area contributed by atoms with Crippen LogP contribution in [0.3, 0.4) is 0 Å². The summed E-state index contributed by atoms with van der Waals surface area (Å²) in [4.78, 5) is 26.4. The second kappa shape index (κ2) is 8.24. The quantitative estimate of drug-likeness (QED) is 0.174. The van der Waals surface area contributed by atoms with Crippen molar-refractivity contribution < 1.29 is 27.9 Å². The van der Waals surface area contributed by atoms with E-state index in [2.05, 4.69) is 25.6 Å². The average molecular weight is 330 g/mol. The smallest absolute Gasteiger partial charge is 0.328 e. The standard InChI is InChI=1S/C11H9F3N6O3/c12-7-9(19-20-15)8(13)11(18-10(7)14)17-4-3-16-5(21)1-2-6(22)23/h1-2H,3-4H2,(H,16,21)(H,17,18)(H,22,23)/b2-1-. The zero-order chi connectivity index (χ0) is 17.4. The molecule has 0 saturated heterocycles. The van der Waals surface area contributed by atoms with Crippen LogP contribution in [0.4, 0.5) is 24.7 Å². The number of nitrogens with one attached hydrogen (secondary N) is 2. The van der Waals surface area contributed by atoms with Gasteiger partial charge in [0.2, 0.25) is 5.91 Å². The van der Waals surface area contributed by atoms with Crippen LogP contribution >= 0.6 is 0 Å². The van der Waals surface area contributed by atoms with Gasteiger partial charge in [-0.05, 0) is 5.53 Å². The van der Waals surface area contributed by atoms with Crippen LogP contribution in [0, 0.1) is 17.6 Å². The Balaban J connectivity index is 2.67. The summed E-state index contributed by atoms with van der Waals surface area (Å²) < 4.78 is 40.1. The molecular weight excluding hydrogens is 321 g/mol. The number of halogens is 3. The van der Waals surface area contributed by atoms with Crippen molar-refractivity contribution in [1.29, 1.82) is 0 Å². The molecule has 12 heteroatoms. The number of carboxylic acids is 1. The molecule has 1 heterocycles. The highest BCUT2D eigenvalue weighted by Gasteiger charge is 2.19.